The van der Waals surface area contributed by atoms with Crippen LogP contribution in [0.25, 0.3) is 0 Å². The molecule has 33 heavy (non-hydrogen) atoms. The predicted molar refractivity (Wildman–Crippen MR) is 154 cm³/mol. The zero-order valence-corrected chi connectivity index (χ0v) is 22.6. The van der Waals surface area contributed by atoms with Crippen LogP contribution in [0.4, 0.5) is 5.13 Å². The van der Waals surface area contributed by atoms with Crippen LogP contribution in [-0.4, -0.2) is 42.4 Å². The smallest absolute Gasteiger partial charge is 0.189 e. The van der Waals surface area contributed by atoms with Crippen molar-refractivity contribution in [1.29, 1.82) is 0 Å². The van der Waals surface area contributed by atoms with Crippen molar-refractivity contribution in [3.8, 4) is 0 Å². The van der Waals surface area contributed by atoms with Crippen LogP contribution in [0.3, 0.4) is 0 Å². The van der Waals surface area contributed by atoms with E-state index in [9.17, 15) is 0 Å². The Kier molecular flexibility index (Phi) is 13.4. The van der Waals surface area contributed by atoms with Gasteiger partial charge in [0.2, 0.25) is 0 Å². The highest BCUT2D eigenvalue weighted by Crippen LogP contribution is 2.45. The lowest BCUT2D eigenvalue weighted by Crippen LogP contribution is -2.22. The van der Waals surface area contributed by atoms with Crippen molar-refractivity contribution < 1.29 is 0 Å². The number of benzene rings is 1. The van der Waals surface area contributed by atoms with E-state index in [0.29, 0.717) is 5.82 Å². The van der Waals surface area contributed by atoms with Crippen LogP contribution in [0.5, 0.6) is 0 Å². The molecule has 0 unspecified atom stereocenters. The van der Waals surface area contributed by atoms with Crippen LogP contribution >= 0.6 is 20.5 Å². The quantitative estimate of drug-likeness (QED) is 0.147. The topological polar surface area (TPSA) is 61.7 Å². The fourth-order valence-corrected chi connectivity index (χ4v) is 5.82. The highest BCUT2D eigenvalue weighted by atomic mass is 32.2. The fraction of sp³-hybridized carbons (Fsp3) is 0.423. The monoisotopic (exact) mass is 487 g/mol. The van der Waals surface area contributed by atoms with E-state index < -0.39 is 9.21 Å². The maximum Gasteiger partial charge on any atom is 0.189 e. The third-order valence-corrected chi connectivity index (χ3v) is 8.53. The second-order valence-corrected chi connectivity index (χ2v) is 11.2. The van der Waals surface area contributed by atoms with Crippen LogP contribution in [0.15, 0.2) is 61.4 Å². The Morgan fingerprint density at radius 1 is 1.18 bits per heavy atom. The summed E-state index contributed by atoms with van der Waals surface area (Å²) in [4.78, 5) is 14.4. The van der Waals surface area contributed by atoms with E-state index in [1.165, 1.54) is 10.5 Å². The Balaban J connectivity index is 0.00000265. The van der Waals surface area contributed by atoms with Gasteiger partial charge in [0.25, 0.3) is 0 Å². The van der Waals surface area contributed by atoms with Gasteiger partial charge in [-0.25, -0.2) is 9.98 Å². The maximum absolute atomic E-state index is 4.61. The van der Waals surface area contributed by atoms with E-state index in [0.717, 1.165) is 53.9 Å². The number of hydrogen-bond acceptors (Lipinski definition) is 5. The van der Waals surface area contributed by atoms with Crippen molar-refractivity contribution in [3.63, 3.8) is 0 Å². The largest absolute Gasteiger partial charge is 0.371 e. The zero-order chi connectivity index (χ0) is 24.7. The summed E-state index contributed by atoms with van der Waals surface area (Å²) in [5.74, 6) is 10.4. The first-order chi connectivity index (χ1) is 15.9. The number of thiazole rings is 1. The van der Waals surface area contributed by atoms with Gasteiger partial charge in [-0.3, -0.25) is 4.99 Å². The SMILES string of the molecule is C=N/C(=C\C(=NCCCC)NCC)Nc1ncc(S(=C)(=C)c2cccc(CCC)c2)s1.CC. The van der Waals surface area contributed by atoms with Gasteiger partial charge in [0, 0.05) is 24.1 Å². The number of nitrogens with one attached hydrogen (secondary N) is 2. The molecule has 182 valence electrons. The first-order valence-electron chi connectivity index (χ1n) is 11.7. The number of amidine groups is 1. The van der Waals surface area contributed by atoms with Crippen LogP contribution in [-0.2, 0) is 6.42 Å². The molecule has 1 aromatic heterocycles. The number of aliphatic imine (C=N–C) groups is 2. The van der Waals surface area contributed by atoms with Gasteiger partial charge in [-0.2, -0.15) is 0 Å². The summed E-state index contributed by atoms with van der Waals surface area (Å²) >= 11 is 1.56. The molecule has 0 aliphatic rings. The molecule has 0 aliphatic heterocycles. The lowest BCUT2D eigenvalue weighted by Gasteiger charge is -2.14. The molecule has 7 heteroatoms. The van der Waals surface area contributed by atoms with E-state index >= 15 is 0 Å². The third kappa shape index (κ3) is 9.18. The Morgan fingerprint density at radius 3 is 2.58 bits per heavy atom. The Hall–Kier alpha value is -2.38. The summed E-state index contributed by atoms with van der Waals surface area (Å²) in [6.45, 7) is 15.7. The Labute approximate surface area is 205 Å². The maximum atomic E-state index is 4.61. The number of nitrogens with zero attached hydrogens (tertiary/aromatic N) is 3. The Morgan fingerprint density at radius 2 is 1.94 bits per heavy atom. The van der Waals surface area contributed by atoms with Crippen LogP contribution in [0.1, 0.15) is 59.4 Å². The summed E-state index contributed by atoms with van der Waals surface area (Å²) in [6, 6.07) is 8.62. The molecule has 0 atom stereocenters. The minimum absolute atomic E-state index is 0.607. The minimum Gasteiger partial charge on any atom is -0.371 e. The molecule has 5 nitrogen and oxygen atoms in total. The van der Waals surface area contributed by atoms with E-state index in [-0.39, 0.29) is 0 Å². The van der Waals surface area contributed by atoms with Gasteiger partial charge < -0.3 is 10.6 Å². The van der Waals surface area contributed by atoms with E-state index in [1.807, 2.05) is 33.0 Å². The molecule has 0 saturated heterocycles. The zero-order valence-electron chi connectivity index (χ0n) is 21.0. The molecule has 0 amide bonds. The summed E-state index contributed by atoms with van der Waals surface area (Å²) in [6.07, 6.45) is 8.09. The molecular formula is C26H41N5S2. The normalized spacial score (nSPS) is 12.0. The number of rotatable bonds is 12. The van der Waals surface area contributed by atoms with Crippen LogP contribution in [0, 0.1) is 0 Å². The van der Waals surface area contributed by atoms with Gasteiger partial charge in [-0.1, -0.05) is 75.7 Å². The van der Waals surface area contributed by atoms with E-state index in [1.54, 1.807) is 11.3 Å². The molecule has 0 bridgehead atoms. The molecule has 2 N–H and O–H groups in total. The van der Waals surface area contributed by atoms with Gasteiger partial charge in [0.1, 0.15) is 11.7 Å². The average Bonchev–Trinajstić information content (AvgIpc) is 3.30. The van der Waals surface area contributed by atoms with Gasteiger partial charge >= 0.3 is 0 Å². The van der Waals surface area contributed by atoms with Gasteiger partial charge in [0.15, 0.2) is 5.13 Å². The number of hydrogen-bond donors (Lipinski definition) is 2. The highest BCUT2D eigenvalue weighted by Gasteiger charge is 2.11. The van der Waals surface area contributed by atoms with Gasteiger partial charge in [-0.15, -0.1) is 9.21 Å². The first kappa shape index (κ1) is 28.7. The molecule has 2 rings (SSSR count). The summed E-state index contributed by atoms with van der Waals surface area (Å²) in [5, 5.41) is 7.27. The third-order valence-electron chi connectivity index (χ3n) is 4.59. The molecule has 0 radical (unpaired) electrons. The number of unbranched alkanes of at least 4 members (excludes halogenated alkanes) is 1. The van der Waals surface area contributed by atoms with Crippen molar-refractivity contribution in [2.24, 2.45) is 9.98 Å². The van der Waals surface area contributed by atoms with Crippen molar-refractivity contribution >= 4 is 50.0 Å². The number of likely N-dealkylation sites (N-methyl/N-ethyl adjacent to an activating group) is 1. The number of aromatic nitrogens is 1. The molecule has 0 aliphatic carbocycles. The van der Waals surface area contributed by atoms with Crippen LogP contribution < -0.4 is 10.6 Å². The molecule has 1 aromatic carbocycles. The lowest BCUT2D eigenvalue weighted by atomic mass is 10.1. The van der Waals surface area contributed by atoms with Crippen molar-refractivity contribution in [1.82, 2.24) is 10.3 Å². The predicted octanol–water partition coefficient (Wildman–Crippen LogP) is 6.97. The standard InChI is InChI=1S/C24H35N5S2.C2H6/c1-7-10-15-27-22(26-9-3)17-21(25-4)29-24-28-18-23(30-24)31(5,6)20-14-11-13-19(16-20)12-8-2;1-2/h11,13-14,16-18H,4-10,12,15H2,1-3H3,(H,26,27)(H,28,29);1-2H3/b21-17+;. The second kappa shape index (κ2) is 15.5. The van der Waals surface area contributed by atoms with Crippen molar-refractivity contribution in [2.75, 3.05) is 18.4 Å². The van der Waals surface area contributed by atoms with Gasteiger partial charge in [-0.05, 0) is 44.2 Å². The highest BCUT2D eigenvalue weighted by molar-refractivity contribution is 8.29. The fourth-order valence-electron chi connectivity index (χ4n) is 2.90. The molecule has 0 spiro atoms. The molecule has 0 fully saturated rings. The van der Waals surface area contributed by atoms with Crippen molar-refractivity contribution in [2.45, 2.75) is 69.4 Å². The summed E-state index contributed by atoms with van der Waals surface area (Å²) < 4.78 is 1.07. The minimum atomic E-state index is -1.63. The lowest BCUT2D eigenvalue weighted by molar-refractivity contribution is 0.801. The summed E-state index contributed by atoms with van der Waals surface area (Å²) in [5.41, 5.74) is 1.33. The first-order valence-corrected chi connectivity index (χ1v) is 14.5. The van der Waals surface area contributed by atoms with E-state index in [2.05, 4.69) is 82.2 Å². The van der Waals surface area contributed by atoms with Crippen molar-refractivity contribution in [3.05, 3.63) is 47.9 Å². The van der Waals surface area contributed by atoms with Gasteiger partial charge in [0.05, 0.1) is 10.4 Å². The van der Waals surface area contributed by atoms with E-state index in [4.69, 9.17) is 0 Å². The summed E-state index contributed by atoms with van der Waals surface area (Å²) in [7, 11) is -1.63. The Bertz CT molecular complexity index is 1020. The average molecular weight is 488 g/mol. The molecule has 2 aromatic rings. The number of aryl methyl sites for hydroxylation is 1. The molecule has 0 saturated carbocycles. The number of anilines is 1. The second-order valence-electron chi connectivity index (χ2n) is 7.23. The molecule has 1 heterocycles. The van der Waals surface area contributed by atoms with Crippen LogP contribution in [0.2, 0.25) is 0 Å². The molecular weight excluding hydrogens is 446 g/mol.